The molecule has 26 heavy (non-hydrogen) atoms. The minimum absolute atomic E-state index is 0.0589. The molecule has 140 valence electrons. The molecule has 0 spiro atoms. The van der Waals surface area contributed by atoms with E-state index in [0.29, 0.717) is 5.16 Å². The lowest BCUT2D eigenvalue weighted by atomic mass is 10.2. The quantitative estimate of drug-likeness (QED) is 0.613. The van der Waals surface area contributed by atoms with Gasteiger partial charge < -0.3 is 5.32 Å². The lowest BCUT2D eigenvalue weighted by Crippen LogP contribution is -2.45. The number of aryl methyl sites for hydroxylation is 2. The molecule has 1 aliphatic carbocycles. The Hall–Kier alpha value is -1.87. The fraction of sp³-hybridized carbons (Fsp3) is 0.529. The maximum absolute atomic E-state index is 12.8. The molecule has 0 unspecified atom stereocenters. The summed E-state index contributed by atoms with van der Waals surface area (Å²) in [5.74, 6) is -0.420. The van der Waals surface area contributed by atoms with E-state index in [2.05, 4.69) is 15.6 Å². The third kappa shape index (κ3) is 3.64. The molecule has 0 fully saturated rings. The summed E-state index contributed by atoms with van der Waals surface area (Å²) >= 11 is 2.75. The van der Waals surface area contributed by atoms with Gasteiger partial charge in [0.15, 0.2) is 5.16 Å². The molecule has 1 aliphatic rings. The first-order valence-electron chi connectivity index (χ1n) is 8.57. The second kappa shape index (κ2) is 7.40. The molecule has 0 radical (unpaired) electrons. The third-order valence-electron chi connectivity index (χ3n) is 4.21. The molecule has 0 aliphatic heterocycles. The number of thiophene rings is 1. The largest absolute Gasteiger partial charge is 0.336 e. The first kappa shape index (κ1) is 18.9. The molecule has 7 nitrogen and oxygen atoms in total. The van der Waals surface area contributed by atoms with Gasteiger partial charge in [-0.25, -0.2) is 9.78 Å². The highest BCUT2D eigenvalue weighted by molar-refractivity contribution is 8.00. The summed E-state index contributed by atoms with van der Waals surface area (Å²) < 4.78 is 1.50. The average Bonchev–Trinajstić information content (AvgIpc) is 3.11. The van der Waals surface area contributed by atoms with Gasteiger partial charge in [0.05, 0.1) is 10.6 Å². The number of imide groups is 1. The molecule has 0 aromatic carbocycles. The zero-order chi connectivity index (χ0) is 19.0. The topological polar surface area (TPSA) is 93.1 Å². The highest BCUT2D eigenvalue weighted by Crippen LogP contribution is 2.35. The van der Waals surface area contributed by atoms with Crippen LogP contribution in [0.1, 0.15) is 37.6 Å². The summed E-state index contributed by atoms with van der Waals surface area (Å²) in [6.07, 6.45) is 3.03. The Morgan fingerprint density at radius 1 is 1.27 bits per heavy atom. The molecule has 9 heteroatoms. The number of fused-ring (bicyclic) bond motifs is 3. The van der Waals surface area contributed by atoms with Gasteiger partial charge >= 0.3 is 6.03 Å². The van der Waals surface area contributed by atoms with Crippen LogP contribution in [0.5, 0.6) is 0 Å². The van der Waals surface area contributed by atoms with Gasteiger partial charge in [0.1, 0.15) is 4.83 Å². The lowest BCUT2D eigenvalue weighted by Gasteiger charge is -2.14. The smallest absolute Gasteiger partial charge is 0.321 e. The van der Waals surface area contributed by atoms with Crippen molar-refractivity contribution >= 4 is 45.3 Å². The molecule has 0 saturated heterocycles. The van der Waals surface area contributed by atoms with Crippen molar-refractivity contribution in [1.82, 2.24) is 20.2 Å². The Bertz CT molecular complexity index is 932. The molecular weight excluding hydrogens is 372 g/mol. The van der Waals surface area contributed by atoms with Crippen LogP contribution in [0.3, 0.4) is 0 Å². The Balaban J connectivity index is 1.80. The standard InChI is InChI=1S/C17H22N4O3S2/c1-8(2)18-16(24)19-13(22)9(3)25-17-20-14-12(15(23)21(17)4)10-6-5-7-11(10)26-14/h8-9H,5-7H2,1-4H3,(H2,18,19,22,24)/t9-/m1/s1. The maximum Gasteiger partial charge on any atom is 0.321 e. The van der Waals surface area contributed by atoms with Crippen molar-refractivity contribution in [1.29, 1.82) is 0 Å². The van der Waals surface area contributed by atoms with Gasteiger partial charge in [0.2, 0.25) is 5.91 Å². The van der Waals surface area contributed by atoms with Crippen LogP contribution in [0.25, 0.3) is 10.2 Å². The monoisotopic (exact) mass is 394 g/mol. The number of carbonyl (C=O) groups is 2. The Morgan fingerprint density at radius 3 is 2.69 bits per heavy atom. The minimum Gasteiger partial charge on any atom is -0.336 e. The SMILES string of the molecule is CC(C)NC(=O)NC(=O)[C@@H](C)Sc1nc2sc3c(c2c(=O)n1C)CCC3. The van der Waals surface area contributed by atoms with Crippen LogP contribution in [0.15, 0.2) is 9.95 Å². The summed E-state index contributed by atoms with van der Waals surface area (Å²) in [6.45, 7) is 5.32. The zero-order valence-corrected chi connectivity index (χ0v) is 16.8. The normalized spacial score (nSPS) is 14.5. The van der Waals surface area contributed by atoms with E-state index in [4.69, 9.17) is 0 Å². The fourth-order valence-corrected chi connectivity index (χ4v) is 5.11. The maximum atomic E-state index is 12.8. The molecule has 2 aromatic rings. The number of nitrogens with zero attached hydrogens (tertiary/aromatic N) is 2. The van der Waals surface area contributed by atoms with Gasteiger partial charge in [-0.1, -0.05) is 11.8 Å². The van der Waals surface area contributed by atoms with E-state index >= 15 is 0 Å². The van der Waals surface area contributed by atoms with Crippen molar-refractivity contribution in [2.75, 3.05) is 0 Å². The van der Waals surface area contributed by atoms with Crippen LogP contribution in [-0.4, -0.2) is 32.8 Å². The molecular formula is C17H22N4O3S2. The van der Waals surface area contributed by atoms with E-state index in [-0.39, 0.29) is 11.6 Å². The summed E-state index contributed by atoms with van der Waals surface area (Å²) in [4.78, 5) is 43.3. The molecule has 3 amide bonds. The summed E-state index contributed by atoms with van der Waals surface area (Å²) in [7, 11) is 1.67. The van der Waals surface area contributed by atoms with Crippen LogP contribution in [0.2, 0.25) is 0 Å². The first-order valence-corrected chi connectivity index (χ1v) is 10.3. The number of carbonyl (C=O) groups excluding carboxylic acids is 2. The lowest BCUT2D eigenvalue weighted by molar-refractivity contribution is -0.119. The second-order valence-corrected chi connectivity index (χ2v) is 9.07. The number of rotatable bonds is 4. The van der Waals surface area contributed by atoms with Crippen molar-refractivity contribution in [3.8, 4) is 0 Å². The van der Waals surface area contributed by atoms with E-state index in [1.165, 1.54) is 21.2 Å². The number of urea groups is 1. The van der Waals surface area contributed by atoms with E-state index in [1.807, 2.05) is 13.8 Å². The van der Waals surface area contributed by atoms with Gasteiger partial charge in [-0.05, 0) is 45.6 Å². The predicted molar refractivity (Wildman–Crippen MR) is 104 cm³/mol. The minimum atomic E-state index is -0.560. The number of thioether (sulfide) groups is 1. The van der Waals surface area contributed by atoms with Crippen LogP contribution in [-0.2, 0) is 24.7 Å². The van der Waals surface area contributed by atoms with Gasteiger partial charge in [-0.3, -0.25) is 19.5 Å². The predicted octanol–water partition coefficient (Wildman–Crippen LogP) is 2.20. The molecule has 2 N–H and O–H groups in total. The summed E-state index contributed by atoms with van der Waals surface area (Å²) in [5.41, 5.74) is 1.08. The molecule has 2 aromatic heterocycles. The van der Waals surface area contributed by atoms with Crippen molar-refractivity contribution < 1.29 is 9.59 Å². The van der Waals surface area contributed by atoms with Crippen molar-refractivity contribution in [3.05, 3.63) is 20.8 Å². The number of aromatic nitrogens is 2. The van der Waals surface area contributed by atoms with E-state index in [1.54, 1.807) is 25.3 Å². The van der Waals surface area contributed by atoms with Gasteiger partial charge in [-0.2, -0.15) is 0 Å². The molecule has 0 saturated carbocycles. The van der Waals surface area contributed by atoms with Crippen molar-refractivity contribution in [3.63, 3.8) is 0 Å². The highest BCUT2D eigenvalue weighted by Gasteiger charge is 2.24. The van der Waals surface area contributed by atoms with Crippen molar-refractivity contribution in [2.24, 2.45) is 7.05 Å². The molecule has 2 heterocycles. The van der Waals surface area contributed by atoms with Gasteiger partial charge in [-0.15, -0.1) is 11.3 Å². The first-order chi connectivity index (χ1) is 12.3. The second-order valence-electron chi connectivity index (χ2n) is 6.67. The number of hydrogen-bond acceptors (Lipinski definition) is 6. The highest BCUT2D eigenvalue weighted by atomic mass is 32.2. The third-order valence-corrected chi connectivity index (χ3v) is 6.54. The van der Waals surface area contributed by atoms with Crippen LogP contribution >= 0.6 is 23.1 Å². The van der Waals surface area contributed by atoms with Crippen LogP contribution < -0.4 is 16.2 Å². The van der Waals surface area contributed by atoms with Crippen LogP contribution in [0, 0.1) is 0 Å². The van der Waals surface area contributed by atoms with E-state index in [9.17, 15) is 14.4 Å². The number of hydrogen-bond donors (Lipinski definition) is 2. The average molecular weight is 395 g/mol. The molecule has 3 rings (SSSR count). The van der Waals surface area contributed by atoms with E-state index < -0.39 is 17.2 Å². The number of nitrogens with one attached hydrogen (secondary N) is 2. The summed E-state index contributed by atoms with van der Waals surface area (Å²) in [5, 5.41) is 5.57. The molecule has 0 bridgehead atoms. The van der Waals surface area contributed by atoms with Crippen molar-refractivity contribution in [2.45, 2.75) is 56.5 Å². The Morgan fingerprint density at radius 2 is 2.00 bits per heavy atom. The van der Waals surface area contributed by atoms with Crippen LogP contribution in [0.4, 0.5) is 4.79 Å². The van der Waals surface area contributed by atoms with Gasteiger partial charge in [0.25, 0.3) is 5.56 Å². The Kier molecular flexibility index (Phi) is 5.38. The zero-order valence-electron chi connectivity index (χ0n) is 15.2. The molecule has 1 atom stereocenters. The van der Waals surface area contributed by atoms with Gasteiger partial charge in [0, 0.05) is 18.0 Å². The Labute approximate surface area is 159 Å². The fourth-order valence-electron chi connectivity index (χ4n) is 2.93. The number of amides is 3. The summed E-state index contributed by atoms with van der Waals surface area (Å²) in [6, 6.07) is -0.583. The van der Waals surface area contributed by atoms with E-state index in [0.717, 1.165) is 35.0 Å².